The van der Waals surface area contributed by atoms with Crippen molar-refractivity contribution in [3.05, 3.63) is 18.0 Å². The summed E-state index contributed by atoms with van der Waals surface area (Å²) < 4.78 is 8.16. The highest BCUT2D eigenvalue weighted by Crippen LogP contribution is 2.26. The molecule has 2 atom stereocenters. The van der Waals surface area contributed by atoms with Crippen molar-refractivity contribution in [3.8, 4) is 0 Å². The Morgan fingerprint density at radius 3 is 2.80 bits per heavy atom. The summed E-state index contributed by atoms with van der Waals surface area (Å²) in [6.07, 6.45) is 9.57. The number of nitrogens with two attached hydrogens (primary N) is 1. The van der Waals surface area contributed by atoms with Gasteiger partial charge in [-0.15, -0.1) is 0 Å². The summed E-state index contributed by atoms with van der Waals surface area (Å²) in [5.41, 5.74) is 6.88. The molecule has 0 spiro atoms. The van der Waals surface area contributed by atoms with Crippen LogP contribution in [0.4, 0.5) is 0 Å². The maximum Gasteiger partial charge on any atom is 0.0910 e. The molecule has 1 aliphatic rings. The van der Waals surface area contributed by atoms with Crippen molar-refractivity contribution in [3.63, 3.8) is 0 Å². The smallest absolute Gasteiger partial charge is 0.0910 e. The van der Waals surface area contributed by atoms with Gasteiger partial charge in [-0.2, -0.15) is 5.10 Å². The molecule has 0 bridgehead atoms. The highest BCUT2D eigenvalue weighted by Gasteiger charge is 2.24. The van der Waals surface area contributed by atoms with Gasteiger partial charge >= 0.3 is 0 Å². The van der Waals surface area contributed by atoms with E-state index < -0.39 is 0 Å². The number of ether oxygens (including phenoxy) is 1. The van der Waals surface area contributed by atoms with E-state index in [1.807, 2.05) is 0 Å². The molecule has 4 nitrogen and oxygen atoms in total. The molecule has 1 saturated carbocycles. The molecule has 0 amide bonds. The fraction of sp³-hybridized carbons (Fsp3) is 0.812. The van der Waals surface area contributed by atoms with Crippen molar-refractivity contribution in [1.29, 1.82) is 0 Å². The van der Waals surface area contributed by atoms with Gasteiger partial charge in [0.05, 0.1) is 24.4 Å². The minimum atomic E-state index is 0.326. The lowest BCUT2D eigenvalue weighted by Gasteiger charge is -2.30. The molecule has 2 N–H and O–H groups in total. The van der Waals surface area contributed by atoms with Gasteiger partial charge < -0.3 is 10.5 Å². The second kappa shape index (κ2) is 7.79. The first-order valence-corrected chi connectivity index (χ1v) is 8.14. The molecule has 0 aliphatic heterocycles. The number of aromatic nitrogens is 2. The van der Waals surface area contributed by atoms with Crippen LogP contribution < -0.4 is 5.73 Å². The Morgan fingerprint density at radius 1 is 1.35 bits per heavy atom. The molecule has 1 aromatic rings. The van der Waals surface area contributed by atoms with E-state index in [0.29, 0.717) is 24.7 Å². The zero-order valence-electron chi connectivity index (χ0n) is 12.9. The molecule has 0 radical (unpaired) electrons. The van der Waals surface area contributed by atoms with E-state index >= 15 is 0 Å². The van der Waals surface area contributed by atoms with Crippen LogP contribution in [0.15, 0.2) is 12.3 Å². The molecule has 2 rings (SSSR count). The summed E-state index contributed by atoms with van der Waals surface area (Å²) >= 11 is 0. The van der Waals surface area contributed by atoms with Crippen molar-refractivity contribution < 1.29 is 4.74 Å². The van der Waals surface area contributed by atoms with E-state index in [9.17, 15) is 0 Å². The third-order valence-electron chi connectivity index (χ3n) is 4.57. The van der Waals surface area contributed by atoms with Crippen molar-refractivity contribution in [2.75, 3.05) is 6.54 Å². The predicted molar refractivity (Wildman–Crippen MR) is 81.4 cm³/mol. The predicted octanol–water partition coefficient (Wildman–Crippen LogP) is 3.28. The van der Waals surface area contributed by atoms with Gasteiger partial charge in [0, 0.05) is 6.20 Å². The highest BCUT2D eigenvalue weighted by atomic mass is 16.5. The molecule has 1 heterocycles. The molecule has 1 aliphatic carbocycles. The lowest BCUT2D eigenvalue weighted by molar-refractivity contribution is -0.0198. The van der Waals surface area contributed by atoms with Gasteiger partial charge in [-0.3, -0.25) is 4.68 Å². The molecule has 0 saturated heterocycles. The Kier molecular flexibility index (Phi) is 6.05. The lowest BCUT2D eigenvalue weighted by Crippen LogP contribution is -2.33. The normalized spacial score (nSPS) is 23.4. The van der Waals surface area contributed by atoms with Crippen LogP contribution in [0, 0.1) is 5.92 Å². The molecular formula is C16H29N3O. The highest BCUT2D eigenvalue weighted by molar-refractivity contribution is 4.98. The Hall–Kier alpha value is -0.870. The summed E-state index contributed by atoms with van der Waals surface area (Å²) in [5.74, 6) is 0.532. The summed E-state index contributed by atoms with van der Waals surface area (Å²) in [4.78, 5) is 0. The topological polar surface area (TPSA) is 53.1 Å². The second-order valence-corrected chi connectivity index (χ2v) is 5.89. The first kappa shape index (κ1) is 15.5. The minimum absolute atomic E-state index is 0.326. The van der Waals surface area contributed by atoms with Gasteiger partial charge in [0.1, 0.15) is 0 Å². The number of nitrogens with zero attached hydrogens (tertiary/aromatic N) is 2. The molecule has 2 unspecified atom stereocenters. The van der Waals surface area contributed by atoms with Crippen molar-refractivity contribution in [2.24, 2.45) is 11.7 Å². The van der Waals surface area contributed by atoms with Crippen LogP contribution in [0.5, 0.6) is 0 Å². The van der Waals surface area contributed by atoms with Crippen LogP contribution in [0.1, 0.15) is 64.1 Å². The Morgan fingerprint density at radius 2 is 2.10 bits per heavy atom. The first-order valence-electron chi connectivity index (χ1n) is 8.14. The van der Waals surface area contributed by atoms with Gasteiger partial charge in [-0.25, -0.2) is 0 Å². The van der Waals surface area contributed by atoms with Crippen molar-refractivity contribution in [1.82, 2.24) is 9.78 Å². The third kappa shape index (κ3) is 3.83. The van der Waals surface area contributed by atoms with Crippen LogP contribution >= 0.6 is 0 Å². The molecule has 1 aromatic heterocycles. The van der Waals surface area contributed by atoms with Crippen molar-refractivity contribution in [2.45, 2.75) is 71.1 Å². The molecule has 1 fully saturated rings. The molecule has 0 aromatic carbocycles. The van der Waals surface area contributed by atoms with Crippen molar-refractivity contribution >= 4 is 0 Å². The zero-order valence-corrected chi connectivity index (χ0v) is 12.9. The molecule has 20 heavy (non-hydrogen) atoms. The number of hydrogen-bond acceptors (Lipinski definition) is 3. The summed E-state index contributed by atoms with van der Waals surface area (Å²) in [5, 5.41) is 4.65. The summed E-state index contributed by atoms with van der Waals surface area (Å²) in [7, 11) is 0. The molecule has 114 valence electrons. The number of hydrogen-bond donors (Lipinski definition) is 1. The average molecular weight is 279 g/mol. The van der Waals surface area contributed by atoms with E-state index in [0.717, 1.165) is 31.5 Å². The van der Waals surface area contributed by atoms with Crippen LogP contribution in [-0.2, 0) is 11.3 Å². The van der Waals surface area contributed by atoms with Crippen LogP contribution in [0.2, 0.25) is 0 Å². The van der Waals surface area contributed by atoms with Gasteiger partial charge in [0.2, 0.25) is 0 Å². The molecule has 4 heteroatoms. The lowest BCUT2D eigenvalue weighted by atomic mass is 9.86. The van der Waals surface area contributed by atoms with E-state index in [1.54, 1.807) is 0 Å². The number of rotatable bonds is 7. The van der Waals surface area contributed by atoms with Gasteiger partial charge in [-0.05, 0) is 44.2 Å². The summed E-state index contributed by atoms with van der Waals surface area (Å²) in [6.45, 7) is 5.78. The van der Waals surface area contributed by atoms with Crippen LogP contribution in [0.25, 0.3) is 0 Å². The monoisotopic (exact) mass is 279 g/mol. The standard InChI is InChI=1S/C16H29N3O/c1-3-15(4-2)19-10-9-14(18-19)12-20-16-8-6-5-7-13(16)11-17/h9-10,13,15-16H,3-8,11-12,17H2,1-2H3. The van der Waals surface area contributed by atoms with Gasteiger partial charge in [-0.1, -0.05) is 26.7 Å². The fourth-order valence-electron chi connectivity index (χ4n) is 3.18. The quantitative estimate of drug-likeness (QED) is 0.833. The molecular weight excluding hydrogens is 250 g/mol. The van der Waals surface area contributed by atoms with E-state index in [1.165, 1.54) is 19.3 Å². The van der Waals surface area contributed by atoms with Gasteiger partial charge in [0.25, 0.3) is 0 Å². The van der Waals surface area contributed by atoms with E-state index in [4.69, 9.17) is 10.5 Å². The first-order chi connectivity index (χ1) is 9.78. The maximum absolute atomic E-state index is 6.08. The minimum Gasteiger partial charge on any atom is -0.372 e. The summed E-state index contributed by atoms with van der Waals surface area (Å²) in [6, 6.07) is 2.59. The zero-order chi connectivity index (χ0) is 14.4. The Bertz CT molecular complexity index is 387. The largest absolute Gasteiger partial charge is 0.372 e. The second-order valence-electron chi connectivity index (χ2n) is 5.89. The van der Waals surface area contributed by atoms with Gasteiger partial charge in [0.15, 0.2) is 0 Å². The Balaban J connectivity index is 1.87. The average Bonchev–Trinajstić information content (AvgIpc) is 2.95. The van der Waals surface area contributed by atoms with E-state index in [2.05, 4.69) is 35.9 Å². The van der Waals surface area contributed by atoms with Crippen LogP contribution in [-0.4, -0.2) is 22.4 Å². The third-order valence-corrected chi connectivity index (χ3v) is 4.57. The fourth-order valence-corrected chi connectivity index (χ4v) is 3.18. The van der Waals surface area contributed by atoms with Crippen LogP contribution in [0.3, 0.4) is 0 Å². The maximum atomic E-state index is 6.08. The van der Waals surface area contributed by atoms with E-state index in [-0.39, 0.29) is 0 Å². The SMILES string of the molecule is CCC(CC)n1ccc(COC2CCCCC2CN)n1. The Labute approximate surface area is 122 Å².